The van der Waals surface area contributed by atoms with Gasteiger partial charge < -0.3 is 15.2 Å². The van der Waals surface area contributed by atoms with E-state index in [9.17, 15) is 9.59 Å². The van der Waals surface area contributed by atoms with E-state index in [1.807, 2.05) is 0 Å². The van der Waals surface area contributed by atoms with Gasteiger partial charge in [-0.15, -0.1) is 11.8 Å². The molecule has 1 unspecified atom stereocenters. The number of nitrogens with zero attached hydrogens (tertiary/aromatic N) is 2. The molecule has 1 aromatic heterocycles. The van der Waals surface area contributed by atoms with E-state index in [-0.39, 0.29) is 29.1 Å². The molecule has 1 aliphatic heterocycles. The first-order chi connectivity index (χ1) is 9.13. The highest BCUT2D eigenvalue weighted by molar-refractivity contribution is 9.09. The van der Waals surface area contributed by atoms with E-state index in [1.165, 1.54) is 28.6 Å². The number of carbonyl (C=O) groups is 1. The third-order valence-electron chi connectivity index (χ3n) is 2.41. The number of rotatable bonds is 4. The normalized spacial score (nSPS) is 22.4. The van der Waals surface area contributed by atoms with Crippen LogP contribution in [0.3, 0.4) is 0 Å². The van der Waals surface area contributed by atoms with Crippen molar-refractivity contribution in [1.82, 2.24) is 9.55 Å². The Morgan fingerprint density at radius 3 is 3.11 bits per heavy atom. The first-order valence-electron chi connectivity index (χ1n) is 5.47. The van der Waals surface area contributed by atoms with Gasteiger partial charge in [-0.1, -0.05) is 15.9 Å². The zero-order valence-electron chi connectivity index (χ0n) is 9.78. The predicted octanol–water partition coefficient (Wildman–Crippen LogP) is 0.157. The lowest BCUT2D eigenvalue weighted by Gasteiger charge is -2.13. The average molecular weight is 350 g/mol. The second-order valence-corrected chi connectivity index (χ2v) is 5.47. The molecule has 1 aromatic rings. The van der Waals surface area contributed by atoms with Crippen LogP contribution in [0, 0.1) is 0 Å². The summed E-state index contributed by atoms with van der Waals surface area (Å²) in [5, 5.41) is 11.6. The number of aromatic nitrogens is 2. The van der Waals surface area contributed by atoms with Crippen LogP contribution < -0.4 is 11.0 Å². The van der Waals surface area contributed by atoms with Gasteiger partial charge in [-0.05, 0) is 6.07 Å². The monoisotopic (exact) mass is 349 g/mol. The minimum Gasteiger partial charge on any atom is -0.393 e. The molecule has 0 aliphatic carbocycles. The van der Waals surface area contributed by atoms with E-state index < -0.39 is 11.9 Å². The van der Waals surface area contributed by atoms with Crippen molar-refractivity contribution in [2.45, 2.75) is 11.7 Å². The molecule has 2 rings (SSSR count). The Balaban J connectivity index is 2.12. The zero-order valence-corrected chi connectivity index (χ0v) is 12.2. The molecular weight excluding hydrogens is 338 g/mol. The Labute approximate surface area is 121 Å². The molecule has 0 spiro atoms. The first-order valence-corrected chi connectivity index (χ1v) is 7.64. The lowest BCUT2D eigenvalue weighted by atomic mass is 10.5. The van der Waals surface area contributed by atoms with Crippen LogP contribution in [-0.4, -0.2) is 43.7 Å². The number of amides is 1. The van der Waals surface area contributed by atoms with Crippen molar-refractivity contribution in [2.24, 2.45) is 0 Å². The maximum absolute atomic E-state index is 11.8. The zero-order chi connectivity index (χ0) is 13.8. The van der Waals surface area contributed by atoms with E-state index in [4.69, 9.17) is 9.84 Å². The first kappa shape index (κ1) is 14.5. The number of alkyl halides is 1. The van der Waals surface area contributed by atoms with E-state index in [0.29, 0.717) is 5.75 Å². The van der Waals surface area contributed by atoms with Gasteiger partial charge in [-0.25, -0.2) is 4.79 Å². The van der Waals surface area contributed by atoms with Gasteiger partial charge in [0.15, 0.2) is 0 Å². The Kier molecular flexibility index (Phi) is 4.97. The van der Waals surface area contributed by atoms with Gasteiger partial charge in [0.25, 0.3) is 0 Å². The highest BCUT2D eigenvalue weighted by Gasteiger charge is 2.27. The number of nitrogens with one attached hydrogen (secondary N) is 1. The van der Waals surface area contributed by atoms with Crippen molar-refractivity contribution in [2.75, 3.05) is 23.0 Å². The fourth-order valence-electron chi connectivity index (χ4n) is 1.56. The summed E-state index contributed by atoms with van der Waals surface area (Å²) in [4.78, 5) is 26.7. The van der Waals surface area contributed by atoms with Crippen molar-refractivity contribution in [3.05, 3.63) is 22.7 Å². The molecule has 1 aliphatic rings. The Morgan fingerprint density at radius 2 is 2.53 bits per heavy atom. The van der Waals surface area contributed by atoms with Gasteiger partial charge in [0, 0.05) is 11.9 Å². The SMILES string of the molecule is O=C(CBr)Nc1ccn(C2CS[C@@H](CO)O2)c(=O)n1. The fraction of sp³-hybridized carbons (Fsp3) is 0.500. The fourth-order valence-corrected chi connectivity index (χ4v) is 2.63. The minimum atomic E-state index is -0.503. The molecule has 104 valence electrons. The van der Waals surface area contributed by atoms with E-state index in [1.54, 1.807) is 0 Å². The number of thioether (sulfide) groups is 1. The van der Waals surface area contributed by atoms with Crippen LogP contribution in [0.2, 0.25) is 0 Å². The maximum Gasteiger partial charge on any atom is 0.351 e. The Hall–Kier alpha value is -0.900. The topological polar surface area (TPSA) is 93.5 Å². The highest BCUT2D eigenvalue weighted by atomic mass is 79.9. The van der Waals surface area contributed by atoms with Crippen molar-refractivity contribution in [3.8, 4) is 0 Å². The van der Waals surface area contributed by atoms with Crippen molar-refractivity contribution in [3.63, 3.8) is 0 Å². The molecule has 0 radical (unpaired) electrons. The summed E-state index contributed by atoms with van der Waals surface area (Å²) in [5.74, 6) is 0.493. The van der Waals surface area contributed by atoms with Crippen molar-refractivity contribution in [1.29, 1.82) is 0 Å². The number of hydrogen-bond donors (Lipinski definition) is 2. The predicted molar refractivity (Wildman–Crippen MR) is 74.4 cm³/mol. The molecule has 2 N–H and O–H groups in total. The maximum atomic E-state index is 11.8. The highest BCUT2D eigenvalue weighted by Crippen LogP contribution is 2.30. The molecule has 1 fully saturated rings. The Morgan fingerprint density at radius 1 is 1.74 bits per heavy atom. The molecule has 9 heteroatoms. The third-order valence-corrected chi connectivity index (χ3v) is 4.03. The summed E-state index contributed by atoms with van der Waals surface area (Å²) >= 11 is 4.44. The molecular formula is C10H12BrN3O4S. The van der Waals surface area contributed by atoms with Gasteiger partial charge in [-0.2, -0.15) is 4.98 Å². The number of aliphatic hydroxyl groups is 1. The van der Waals surface area contributed by atoms with Crippen LogP contribution in [0.1, 0.15) is 6.23 Å². The third kappa shape index (κ3) is 3.56. The summed E-state index contributed by atoms with van der Waals surface area (Å²) < 4.78 is 6.80. The molecule has 0 bridgehead atoms. The van der Waals surface area contributed by atoms with Crippen LogP contribution in [0.4, 0.5) is 5.82 Å². The summed E-state index contributed by atoms with van der Waals surface area (Å²) in [7, 11) is 0. The molecule has 1 saturated heterocycles. The molecule has 2 atom stereocenters. The number of hydrogen-bond acceptors (Lipinski definition) is 6. The number of ether oxygens (including phenoxy) is 1. The lowest BCUT2D eigenvalue weighted by Crippen LogP contribution is -2.29. The number of halogens is 1. The van der Waals surface area contributed by atoms with Crippen molar-refractivity contribution < 1.29 is 14.6 Å². The molecule has 1 amide bonds. The number of carbonyl (C=O) groups excluding carboxylic acids is 1. The number of aliphatic hydroxyl groups excluding tert-OH is 1. The second-order valence-electron chi connectivity index (χ2n) is 3.72. The van der Waals surface area contributed by atoms with Gasteiger partial charge in [0.1, 0.15) is 17.5 Å². The second kappa shape index (κ2) is 6.51. The molecule has 19 heavy (non-hydrogen) atoms. The lowest BCUT2D eigenvalue weighted by molar-refractivity contribution is -0.113. The average Bonchev–Trinajstić information content (AvgIpc) is 2.87. The van der Waals surface area contributed by atoms with Gasteiger partial charge in [0.2, 0.25) is 5.91 Å². The molecule has 2 heterocycles. The van der Waals surface area contributed by atoms with E-state index >= 15 is 0 Å². The van der Waals surface area contributed by atoms with Gasteiger partial charge in [0.05, 0.1) is 11.9 Å². The smallest absolute Gasteiger partial charge is 0.351 e. The molecule has 7 nitrogen and oxygen atoms in total. The summed E-state index contributed by atoms with van der Waals surface area (Å²) in [6.45, 7) is -0.0945. The summed E-state index contributed by atoms with van der Waals surface area (Å²) in [6.07, 6.45) is 1.08. The van der Waals surface area contributed by atoms with Crippen molar-refractivity contribution >= 4 is 39.4 Å². The Bertz CT molecular complexity index is 524. The van der Waals surface area contributed by atoms with E-state index in [0.717, 1.165) is 0 Å². The van der Waals surface area contributed by atoms with E-state index in [2.05, 4.69) is 26.2 Å². The quantitative estimate of drug-likeness (QED) is 0.752. The largest absolute Gasteiger partial charge is 0.393 e. The van der Waals surface area contributed by atoms with Crippen LogP contribution >= 0.6 is 27.7 Å². The van der Waals surface area contributed by atoms with Crippen LogP contribution in [-0.2, 0) is 9.53 Å². The summed E-state index contributed by atoms with van der Waals surface area (Å²) in [5.41, 5.74) is -0.818. The van der Waals surface area contributed by atoms with Crippen LogP contribution in [0.15, 0.2) is 17.1 Å². The molecule has 0 saturated carbocycles. The van der Waals surface area contributed by atoms with Gasteiger partial charge in [-0.3, -0.25) is 9.36 Å². The summed E-state index contributed by atoms with van der Waals surface area (Å²) in [6, 6.07) is 1.53. The molecule has 0 aromatic carbocycles. The number of anilines is 1. The standard InChI is InChI=1S/C10H12BrN3O4S/c11-3-7(16)12-6-1-2-14(10(17)13-6)8-5-19-9(4-15)18-8/h1-2,8-9,15H,3-5H2,(H,12,13,16,17)/t8?,9-/m0/s1. The van der Waals surface area contributed by atoms with Crippen LogP contribution in [0.5, 0.6) is 0 Å². The van der Waals surface area contributed by atoms with Gasteiger partial charge >= 0.3 is 5.69 Å². The van der Waals surface area contributed by atoms with Crippen LogP contribution in [0.25, 0.3) is 0 Å². The minimum absolute atomic E-state index is 0.0945.